The van der Waals surface area contributed by atoms with Gasteiger partial charge in [0.15, 0.2) is 12.8 Å². The van der Waals surface area contributed by atoms with Crippen molar-refractivity contribution in [3.8, 4) is 0 Å². The number of likely N-dealkylation sites (tertiary alicyclic amines) is 1. The summed E-state index contributed by atoms with van der Waals surface area (Å²) >= 11 is 0. The van der Waals surface area contributed by atoms with Crippen molar-refractivity contribution in [3.63, 3.8) is 0 Å². The number of piperidine rings is 1. The van der Waals surface area contributed by atoms with Gasteiger partial charge < -0.3 is 40.7 Å². The fourth-order valence-corrected chi connectivity index (χ4v) is 5.83. The molecule has 7 N–H and O–H groups in total. The Morgan fingerprint density at radius 3 is 1.92 bits per heavy atom. The maximum atomic E-state index is 13.7. The number of ether oxygens (including phenoxy) is 1. The van der Waals surface area contributed by atoms with E-state index in [1.807, 2.05) is 6.07 Å². The molecule has 274 valence electrons. The van der Waals surface area contributed by atoms with E-state index in [-0.39, 0.29) is 63.5 Å². The number of amides is 1. The summed E-state index contributed by atoms with van der Waals surface area (Å²) in [5.74, 6) is -6.75. The third-order valence-electron chi connectivity index (χ3n) is 8.24. The first kappa shape index (κ1) is 41.0. The van der Waals surface area contributed by atoms with Crippen LogP contribution in [-0.4, -0.2) is 183 Å². The van der Waals surface area contributed by atoms with Crippen molar-refractivity contribution in [2.24, 2.45) is 0 Å². The summed E-state index contributed by atoms with van der Waals surface area (Å²) in [6.45, 7) is -2.72. The molecule has 1 aliphatic rings. The maximum Gasteiger partial charge on any atom is 0.359 e. The molecule has 1 aliphatic heterocycles. The molecule has 18 heteroatoms. The first-order chi connectivity index (χ1) is 23.2. The van der Waals surface area contributed by atoms with E-state index in [2.05, 4.69) is 5.32 Å². The fraction of sp³-hybridized carbons (Fsp3) is 0.613. The van der Waals surface area contributed by atoms with Gasteiger partial charge in [0.2, 0.25) is 5.91 Å². The zero-order valence-electron chi connectivity index (χ0n) is 27.4. The Balaban J connectivity index is 2.24. The smallest absolute Gasteiger partial charge is 0.359 e. The number of nitrogens with one attached hydrogen (secondary N) is 1. The topological polar surface area (TPSA) is 255 Å². The van der Waals surface area contributed by atoms with E-state index >= 15 is 0 Å². The SMILES string of the molecule is O=C(O)CN(CCN(CC(=O)O)CC(=O)O)CCN(CC(=O)O)C(COCc1ccccc1)C(=O)NCC[N+]1(CC(=O)O)CCCCC1O. The van der Waals surface area contributed by atoms with E-state index in [1.165, 1.54) is 9.80 Å². The van der Waals surface area contributed by atoms with Gasteiger partial charge in [-0.2, -0.15) is 0 Å². The number of aliphatic hydroxyl groups excluding tert-OH is 1. The Bertz CT molecular complexity index is 1240. The summed E-state index contributed by atoms with van der Waals surface area (Å²) in [4.78, 5) is 75.1. The molecule has 2 rings (SSSR count). The maximum absolute atomic E-state index is 13.7. The molecule has 1 heterocycles. The Kier molecular flexibility index (Phi) is 17.6. The Labute approximate surface area is 283 Å². The molecule has 1 aromatic rings. The van der Waals surface area contributed by atoms with E-state index in [1.54, 1.807) is 24.3 Å². The molecule has 0 aromatic heterocycles. The van der Waals surface area contributed by atoms with Crippen LogP contribution in [0.5, 0.6) is 0 Å². The van der Waals surface area contributed by atoms with Crippen LogP contribution in [-0.2, 0) is 40.1 Å². The van der Waals surface area contributed by atoms with Crippen LogP contribution in [0.1, 0.15) is 24.8 Å². The summed E-state index contributed by atoms with van der Waals surface area (Å²) in [7, 11) is 0. The first-order valence-electron chi connectivity index (χ1n) is 15.9. The lowest BCUT2D eigenvalue weighted by Crippen LogP contribution is -2.63. The lowest BCUT2D eigenvalue weighted by molar-refractivity contribution is -0.968. The standard InChI is InChI=1S/C31H47N5O13/c37-25-8-4-5-14-36(25,20-30(46)47)15-9-32-31(48)24(22-49-21-23-6-2-1-3-7-23)35(19-29(44)45)13-12-33(16-26(38)39)10-11-34(17-27(40)41)18-28(42)43/h1-3,6-7,24-25,37H,4-5,8-22H2,(H5-,32,38,39,40,41,42,43,44,45,46,47,48)/p+1. The minimum absolute atomic E-state index is 0.0204. The second kappa shape index (κ2) is 21.0. The molecule has 0 radical (unpaired) electrons. The molecule has 0 spiro atoms. The molecule has 1 saturated heterocycles. The van der Waals surface area contributed by atoms with Gasteiger partial charge in [0.05, 0.1) is 59.0 Å². The Morgan fingerprint density at radius 2 is 1.35 bits per heavy atom. The molecular formula is C31H48N5O13+. The normalized spacial score (nSPS) is 18.3. The van der Waals surface area contributed by atoms with Crippen LogP contribution in [0.25, 0.3) is 0 Å². The van der Waals surface area contributed by atoms with Gasteiger partial charge in [-0.25, -0.2) is 4.79 Å². The van der Waals surface area contributed by atoms with E-state index in [0.29, 0.717) is 19.4 Å². The van der Waals surface area contributed by atoms with Crippen molar-refractivity contribution in [1.29, 1.82) is 0 Å². The number of quaternary nitrogens is 1. The minimum atomic E-state index is -1.28. The van der Waals surface area contributed by atoms with Gasteiger partial charge in [0.1, 0.15) is 6.04 Å². The number of carbonyl (C=O) groups excluding carboxylic acids is 1. The number of carbonyl (C=O) groups is 6. The fourth-order valence-electron chi connectivity index (χ4n) is 5.83. The van der Waals surface area contributed by atoms with Gasteiger partial charge in [0.25, 0.3) is 0 Å². The Morgan fingerprint density at radius 1 is 0.776 bits per heavy atom. The van der Waals surface area contributed by atoms with Gasteiger partial charge in [-0.3, -0.25) is 43.2 Å². The number of benzene rings is 1. The van der Waals surface area contributed by atoms with Gasteiger partial charge in [0, 0.05) is 32.6 Å². The van der Waals surface area contributed by atoms with Crippen molar-refractivity contribution in [2.45, 2.75) is 38.1 Å². The van der Waals surface area contributed by atoms with Gasteiger partial charge in [-0.1, -0.05) is 30.3 Å². The zero-order valence-corrected chi connectivity index (χ0v) is 27.4. The number of aliphatic hydroxyl groups is 1. The summed E-state index contributed by atoms with van der Waals surface area (Å²) in [6, 6.07) is 7.85. The highest BCUT2D eigenvalue weighted by Crippen LogP contribution is 2.24. The van der Waals surface area contributed by atoms with Crippen LogP contribution in [0, 0.1) is 0 Å². The van der Waals surface area contributed by atoms with Crippen LogP contribution < -0.4 is 5.32 Å². The Hall–Kier alpha value is -4.20. The third-order valence-corrected chi connectivity index (χ3v) is 8.24. The predicted molar refractivity (Wildman–Crippen MR) is 170 cm³/mol. The molecular weight excluding hydrogens is 650 g/mol. The quantitative estimate of drug-likeness (QED) is 0.0564. The molecule has 18 nitrogen and oxygen atoms in total. The number of carboxylic acids is 5. The number of carboxylic acid groups (broad SMARTS) is 5. The van der Waals surface area contributed by atoms with E-state index in [9.17, 15) is 49.2 Å². The molecule has 0 bridgehead atoms. The van der Waals surface area contributed by atoms with Crippen molar-refractivity contribution in [2.75, 3.05) is 85.1 Å². The van der Waals surface area contributed by atoms with Crippen LogP contribution in [0.3, 0.4) is 0 Å². The van der Waals surface area contributed by atoms with E-state index in [0.717, 1.165) is 16.9 Å². The average Bonchev–Trinajstić information content (AvgIpc) is 3.00. The molecule has 49 heavy (non-hydrogen) atoms. The summed E-state index contributed by atoms with van der Waals surface area (Å²) < 4.78 is 5.70. The van der Waals surface area contributed by atoms with Crippen molar-refractivity contribution in [3.05, 3.63) is 35.9 Å². The van der Waals surface area contributed by atoms with Crippen molar-refractivity contribution < 1.29 is 68.6 Å². The van der Waals surface area contributed by atoms with E-state index < -0.39 is 74.2 Å². The van der Waals surface area contributed by atoms with Gasteiger partial charge in [-0.15, -0.1) is 0 Å². The molecule has 1 amide bonds. The van der Waals surface area contributed by atoms with Crippen LogP contribution in [0.4, 0.5) is 0 Å². The summed E-state index contributed by atoms with van der Waals surface area (Å²) in [6.07, 6.45) is 0.949. The summed E-state index contributed by atoms with van der Waals surface area (Å²) in [5.41, 5.74) is 0.797. The lowest BCUT2D eigenvalue weighted by Gasteiger charge is -2.44. The second-order valence-corrected chi connectivity index (χ2v) is 12.0. The van der Waals surface area contributed by atoms with Crippen LogP contribution in [0.2, 0.25) is 0 Å². The highest BCUT2D eigenvalue weighted by Gasteiger charge is 2.40. The van der Waals surface area contributed by atoms with Gasteiger partial charge >= 0.3 is 29.8 Å². The number of hydrogen-bond donors (Lipinski definition) is 7. The van der Waals surface area contributed by atoms with Gasteiger partial charge in [-0.05, 0) is 18.4 Å². The lowest BCUT2D eigenvalue weighted by atomic mass is 10.1. The molecule has 1 fully saturated rings. The number of rotatable bonds is 25. The molecule has 0 aliphatic carbocycles. The predicted octanol–water partition coefficient (Wildman–Crippen LogP) is -1.66. The first-order valence-corrected chi connectivity index (χ1v) is 15.9. The third kappa shape index (κ3) is 15.7. The zero-order chi connectivity index (χ0) is 36.4. The molecule has 3 atom stereocenters. The second-order valence-electron chi connectivity index (χ2n) is 12.0. The highest BCUT2D eigenvalue weighted by molar-refractivity contribution is 5.82. The largest absolute Gasteiger partial charge is 0.480 e. The van der Waals surface area contributed by atoms with Crippen LogP contribution >= 0.6 is 0 Å². The number of aliphatic carboxylic acids is 5. The van der Waals surface area contributed by atoms with E-state index in [4.69, 9.17) is 14.9 Å². The van der Waals surface area contributed by atoms with Crippen molar-refractivity contribution in [1.82, 2.24) is 20.0 Å². The molecule has 1 aromatic carbocycles. The minimum Gasteiger partial charge on any atom is -0.480 e. The number of nitrogens with zero attached hydrogens (tertiary/aromatic N) is 4. The number of hydrogen-bond acceptors (Lipinski definition) is 11. The summed E-state index contributed by atoms with van der Waals surface area (Å²) in [5, 5.41) is 60.4. The molecule has 3 unspecified atom stereocenters. The average molecular weight is 699 g/mol. The van der Waals surface area contributed by atoms with Crippen LogP contribution in [0.15, 0.2) is 30.3 Å². The van der Waals surface area contributed by atoms with Crippen molar-refractivity contribution >= 4 is 35.8 Å². The highest BCUT2D eigenvalue weighted by atomic mass is 16.5. The molecule has 0 saturated carbocycles. The monoisotopic (exact) mass is 698 g/mol.